The minimum Gasteiger partial charge on any atom is -0.492 e. The Bertz CT molecular complexity index is 889. The molecule has 7 nitrogen and oxygen atoms in total. The molecule has 1 aliphatic rings. The molecule has 1 fully saturated rings. The third-order valence-electron chi connectivity index (χ3n) is 4.67. The first-order valence-corrected chi connectivity index (χ1v) is 11.1. The number of hydrogen-bond acceptors (Lipinski definition) is 6. The molecular weight excluding hydrogens is 378 g/mol. The molecule has 1 N–H and O–H groups in total. The van der Waals surface area contributed by atoms with Crippen LogP contribution in [-0.2, 0) is 10.0 Å². The highest BCUT2D eigenvalue weighted by Gasteiger charge is 2.28. The summed E-state index contributed by atoms with van der Waals surface area (Å²) in [5.41, 5.74) is 1.74. The van der Waals surface area contributed by atoms with Crippen molar-refractivity contribution in [1.82, 2.24) is 14.7 Å². The Morgan fingerprint density at radius 3 is 2.36 bits per heavy atom. The Kier molecular flexibility index (Phi) is 6.51. The molecular formula is C20H27N3O4S. The standard InChI is InChI=1S/C20H27N3O4S/c1-4-26-18-7-5-6-8-19(18)28(24,25)23-16-9-11-17(12-10-16)27-20-21-14(2)13-15(3)22-20/h5-8,13,16-17,23H,4,9-12H2,1-3H3. The van der Waals surface area contributed by atoms with E-state index in [-0.39, 0.29) is 17.0 Å². The second-order valence-corrected chi connectivity index (χ2v) is 8.71. The number of rotatable bonds is 7. The third-order valence-corrected chi connectivity index (χ3v) is 6.23. The molecule has 28 heavy (non-hydrogen) atoms. The van der Waals surface area contributed by atoms with Gasteiger partial charge in [0.15, 0.2) is 0 Å². The van der Waals surface area contributed by atoms with Crippen molar-refractivity contribution in [1.29, 1.82) is 0 Å². The van der Waals surface area contributed by atoms with Crippen molar-refractivity contribution in [3.05, 3.63) is 41.7 Å². The Morgan fingerprint density at radius 2 is 1.71 bits per heavy atom. The number of ether oxygens (including phenoxy) is 2. The van der Waals surface area contributed by atoms with E-state index in [0.717, 1.165) is 24.2 Å². The van der Waals surface area contributed by atoms with Gasteiger partial charge in [0.1, 0.15) is 16.7 Å². The normalized spacial score (nSPS) is 20.0. The third kappa shape index (κ3) is 5.20. The lowest BCUT2D eigenvalue weighted by Gasteiger charge is -2.29. The lowest BCUT2D eigenvalue weighted by atomic mass is 9.94. The SMILES string of the molecule is CCOc1ccccc1S(=O)(=O)NC1CCC(Oc2nc(C)cc(C)n2)CC1. The van der Waals surface area contributed by atoms with Crippen LogP contribution in [0.4, 0.5) is 0 Å². The van der Waals surface area contributed by atoms with Crippen LogP contribution in [0.2, 0.25) is 0 Å². The molecule has 0 saturated heterocycles. The first-order chi connectivity index (χ1) is 13.4. The predicted octanol–water partition coefficient (Wildman–Crippen LogP) is 3.16. The van der Waals surface area contributed by atoms with E-state index in [1.807, 2.05) is 26.8 Å². The Morgan fingerprint density at radius 1 is 1.07 bits per heavy atom. The number of aryl methyl sites for hydroxylation is 2. The van der Waals surface area contributed by atoms with E-state index in [2.05, 4.69) is 14.7 Å². The maximum atomic E-state index is 12.8. The van der Waals surface area contributed by atoms with Gasteiger partial charge < -0.3 is 9.47 Å². The Balaban J connectivity index is 1.59. The average molecular weight is 406 g/mol. The molecule has 3 rings (SSSR count). The van der Waals surface area contributed by atoms with Gasteiger partial charge >= 0.3 is 6.01 Å². The highest BCUT2D eigenvalue weighted by atomic mass is 32.2. The molecule has 0 aliphatic heterocycles. The number of nitrogens with one attached hydrogen (secondary N) is 1. The Labute approximate surface area is 166 Å². The zero-order valence-electron chi connectivity index (χ0n) is 16.5. The maximum Gasteiger partial charge on any atom is 0.317 e. The van der Waals surface area contributed by atoms with Gasteiger partial charge in [0.2, 0.25) is 10.0 Å². The van der Waals surface area contributed by atoms with Crippen molar-refractivity contribution >= 4 is 10.0 Å². The summed E-state index contributed by atoms with van der Waals surface area (Å²) < 4.78 is 39.8. The number of hydrogen-bond donors (Lipinski definition) is 1. The molecule has 0 bridgehead atoms. The van der Waals surface area contributed by atoms with Gasteiger partial charge in [-0.3, -0.25) is 0 Å². The van der Waals surface area contributed by atoms with E-state index in [0.29, 0.717) is 31.2 Å². The number of aromatic nitrogens is 2. The van der Waals surface area contributed by atoms with E-state index in [4.69, 9.17) is 9.47 Å². The molecule has 0 spiro atoms. The van der Waals surface area contributed by atoms with Gasteiger partial charge in [-0.15, -0.1) is 0 Å². The predicted molar refractivity (Wildman–Crippen MR) is 106 cm³/mol. The molecule has 2 aromatic rings. The van der Waals surface area contributed by atoms with Gasteiger partial charge in [-0.2, -0.15) is 0 Å². The molecule has 1 heterocycles. The van der Waals surface area contributed by atoms with Gasteiger partial charge in [0, 0.05) is 17.4 Å². The molecule has 1 aromatic carbocycles. The lowest BCUT2D eigenvalue weighted by molar-refractivity contribution is 0.131. The quantitative estimate of drug-likeness (QED) is 0.761. The van der Waals surface area contributed by atoms with Gasteiger partial charge in [-0.25, -0.2) is 23.1 Å². The summed E-state index contributed by atoms with van der Waals surface area (Å²) in [6, 6.07) is 8.88. The van der Waals surface area contributed by atoms with Crippen LogP contribution in [0.1, 0.15) is 44.0 Å². The second kappa shape index (κ2) is 8.87. The van der Waals surface area contributed by atoms with Gasteiger partial charge in [-0.05, 0) is 64.7 Å². The number of benzene rings is 1. The van der Waals surface area contributed by atoms with Gasteiger partial charge in [0.05, 0.1) is 6.61 Å². The Hall–Kier alpha value is -2.19. The first kappa shape index (κ1) is 20.5. The first-order valence-electron chi connectivity index (χ1n) is 9.60. The number of sulfonamides is 1. The average Bonchev–Trinajstić information content (AvgIpc) is 2.63. The summed E-state index contributed by atoms with van der Waals surface area (Å²) in [4.78, 5) is 8.81. The molecule has 0 radical (unpaired) electrons. The summed E-state index contributed by atoms with van der Waals surface area (Å²) in [5, 5.41) is 0. The van der Waals surface area contributed by atoms with Crippen molar-refractivity contribution in [2.45, 2.75) is 63.5 Å². The monoisotopic (exact) mass is 405 g/mol. The van der Waals surface area contributed by atoms with E-state index in [1.54, 1.807) is 24.3 Å². The molecule has 8 heteroatoms. The van der Waals surface area contributed by atoms with E-state index >= 15 is 0 Å². The maximum absolute atomic E-state index is 12.8. The fourth-order valence-electron chi connectivity index (χ4n) is 3.42. The van der Waals surface area contributed by atoms with Crippen molar-refractivity contribution < 1.29 is 17.9 Å². The van der Waals surface area contributed by atoms with Crippen LogP contribution in [0.25, 0.3) is 0 Å². The zero-order chi connectivity index (χ0) is 20.1. The van der Waals surface area contributed by atoms with Crippen molar-refractivity contribution in [2.75, 3.05) is 6.61 Å². The molecule has 0 unspecified atom stereocenters. The van der Waals surface area contributed by atoms with Gasteiger partial charge in [-0.1, -0.05) is 12.1 Å². The van der Waals surface area contributed by atoms with Crippen LogP contribution in [0, 0.1) is 13.8 Å². The molecule has 0 amide bonds. The summed E-state index contributed by atoms with van der Waals surface area (Å²) in [6.45, 7) is 6.06. The van der Waals surface area contributed by atoms with E-state index < -0.39 is 10.0 Å². The molecule has 1 saturated carbocycles. The van der Waals surface area contributed by atoms with Crippen LogP contribution < -0.4 is 14.2 Å². The van der Waals surface area contributed by atoms with Crippen molar-refractivity contribution in [3.8, 4) is 11.8 Å². The van der Waals surface area contributed by atoms with Crippen molar-refractivity contribution in [2.24, 2.45) is 0 Å². The second-order valence-electron chi connectivity index (χ2n) is 7.03. The topological polar surface area (TPSA) is 90.4 Å². The lowest BCUT2D eigenvalue weighted by Crippen LogP contribution is -2.39. The highest BCUT2D eigenvalue weighted by Crippen LogP contribution is 2.27. The largest absolute Gasteiger partial charge is 0.492 e. The summed E-state index contributed by atoms with van der Waals surface area (Å²) in [7, 11) is -3.64. The van der Waals surface area contributed by atoms with Crippen LogP contribution in [0.5, 0.6) is 11.8 Å². The molecule has 152 valence electrons. The van der Waals surface area contributed by atoms with Crippen LogP contribution in [0.3, 0.4) is 0 Å². The molecule has 1 aromatic heterocycles. The molecule has 1 aliphatic carbocycles. The summed E-state index contributed by atoms with van der Waals surface area (Å²) >= 11 is 0. The smallest absolute Gasteiger partial charge is 0.317 e. The molecule has 0 atom stereocenters. The van der Waals surface area contributed by atoms with Crippen LogP contribution in [-0.4, -0.2) is 37.1 Å². The number of para-hydroxylation sites is 1. The minimum atomic E-state index is -3.64. The fraction of sp³-hybridized carbons (Fsp3) is 0.500. The number of nitrogens with zero attached hydrogens (tertiary/aromatic N) is 2. The zero-order valence-corrected chi connectivity index (χ0v) is 17.3. The highest BCUT2D eigenvalue weighted by molar-refractivity contribution is 7.89. The van der Waals surface area contributed by atoms with Crippen LogP contribution in [0.15, 0.2) is 35.2 Å². The van der Waals surface area contributed by atoms with E-state index in [1.165, 1.54) is 0 Å². The van der Waals surface area contributed by atoms with E-state index in [9.17, 15) is 8.42 Å². The van der Waals surface area contributed by atoms with Gasteiger partial charge in [0.25, 0.3) is 0 Å². The van der Waals surface area contributed by atoms with Crippen molar-refractivity contribution in [3.63, 3.8) is 0 Å². The summed E-state index contributed by atoms with van der Waals surface area (Å²) in [5.74, 6) is 0.376. The fourth-order valence-corrected chi connectivity index (χ4v) is 4.87. The minimum absolute atomic E-state index is 0.00216. The summed E-state index contributed by atoms with van der Waals surface area (Å²) in [6.07, 6.45) is 2.89. The van der Waals surface area contributed by atoms with Crippen LogP contribution >= 0.6 is 0 Å².